The highest BCUT2D eigenvalue weighted by atomic mass is 35.5. The van der Waals surface area contributed by atoms with Crippen molar-refractivity contribution in [3.63, 3.8) is 0 Å². The van der Waals surface area contributed by atoms with Crippen LogP contribution >= 0.6 is 11.6 Å². The molecular formula is C41H50ClN5O6. The second-order valence-electron chi connectivity index (χ2n) is 14.7. The van der Waals surface area contributed by atoms with Gasteiger partial charge in [-0.05, 0) is 87.3 Å². The molecule has 282 valence electrons. The number of halogens is 1. The van der Waals surface area contributed by atoms with Gasteiger partial charge in [0.05, 0.1) is 32.1 Å². The minimum atomic E-state index is -0.599. The summed E-state index contributed by atoms with van der Waals surface area (Å²) in [5, 5.41) is 4.41. The van der Waals surface area contributed by atoms with Crippen LogP contribution < -0.4 is 14.8 Å². The van der Waals surface area contributed by atoms with Crippen LogP contribution in [0.25, 0.3) is 10.9 Å². The standard InChI is InChI=1S/C41H50ClN5O6/c1-26(2)53-36-15-12-28(17-37(36)52-4)41(51)47-23-30-22-46(38(48)18-29-20-43-35-19-31(42)13-14-32(29)35)25-34(33(30)24-47)40(50)44-21-39(49)45(3)16-8-11-27-9-6-5-7-10-27/h5-6,9,12-15,17,19-20,26,30,33-34,43H,7-8,10-11,16,18,21-25H2,1-4H3,(H,44,50). The van der Waals surface area contributed by atoms with E-state index >= 15 is 0 Å². The maximum atomic E-state index is 14.0. The molecule has 2 N–H and O–H groups in total. The molecule has 53 heavy (non-hydrogen) atoms. The number of carbonyl (C=O) groups is 4. The van der Waals surface area contributed by atoms with Crippen molar-refractivity contribution in [2.24, 2.45) is 17.8 Å². The molecule has 1 aliphatic carbocycles. The number of benzene rings is 2. The van der Waals surface area contributed by atoms with Gasteiger partial charge in [-0.2, -0.15) is 0 Å². The molecule has 3 aromatic rings. The third-order valence-electron chi connectivity index (χ3n) is 10.6. The Hall–Kier alpha value is -4.77. The van der Waals surface area contributed by atoms with Gasteiger partial charge in [0.2, 0.25) is 17.7 Å². The first-order valence-electron chi connectivity index (χ1n) is 18.5. The first kappa shape index (κ1) is 38.0. The van der Waals surface area contributed by atoms with Gasteiger partial charge in [-0.1, -0.05) is 41.5 Å². The lowest BCUT2D eigenvalue weighted by atomic mass is 9.79. The van der Waals surface area contributed by atoms with Crippen molar-refractivity contribution in [2.45, 2.75) is 52.1 Å². The van der Waals surface area contributed by atoms with Crippen molar-refractivity contribution < 1.29 is 28.7 Å². The zero-order valence-corrected chi connectivity index (χ0v) is 31.8. The molecule has 12 heteroatoms. The summed E-state index contributed by atoms with van der Waals surface area (Å²) in [6, 6.07) is 10.7. The predicted octanol–water partition coefficient (Wildman–Crippen LogP) is 5.64. The lowest BCUT2D eigenvalue weighted by molar-refractivity contribution is -0.140. The molecule has 3 unspecified atom stereocenters. The van der Waals surface area contributed by atoms with Crippen LogP contribution in [0.15, 0.2) is 66.4 Å². The Morgan fingerprint density at radius 2 is 1.85 bits per heavy atom. The van der Waals surface area contributed by atoms with Gasteiger partial charge in [0.15, 0.2) is 11.5 Å². The molecule has 2 saturated heterocycles. The number of aromatic amines is 1. The molecule has 2 fully saturated rings. The molecule has 1 aromatic heterocycles. The first-order valence-corrected chi connectivity index (χ1v) is 18.9. The third kappa shape index (κ3) is 9.07. The number of likely N-dealkylation sites (tertiary alicyclic amines) is 2. The van der Waals surface area contributed by atoms with Crippen molar-refractivity contribution in [1.82, 2.24) is 25.0 Å². The Balaban J connectivity index is 1.15. The molecule has 0 saturated carbocycles. The minimum Gasteiger partial charge on any atom is -0.493 e. The van der Waals surface area contributed by atoms with E-state index in [9.17, 15) is 19.2 Å². The summed E-state index contributed by atoms with van der Waals surface area (Å²) >= 11 is 6.18. The Labute approximate surface area is 316 Å². The normalized spacial score (nSPS) is 19.6. The van der Waals surface area contributed by atoms with Gasteiger partial charge >= 0.3 is 0 Å². The third-order valence-corrected chi connectivity index (χ3v) is 10.9. The molecule has 3 aliphatic rings. The van der Waals surface area contributed by atoms with Gasteiger partial charge in [0.25, 0.3) is 5.91 Å². The van der Waals surface area contributed by atoms with E-state index in [0.717, 1.165) is 42.1 Å². The van der Waals surface area contributed by atoms with E-state index in [2.05, 4.69) is 28.5 Å². The number of nitrogens with zero attached hydrogens (tertiary/aromatic N) is 3. The van der Waals surface area contributed by atoms with E-state index in [0.29, 0.717) is 48.3 Å². The molecule has 2 aliphatic heterocycles. The summed E-state index contributed by atoms with van der Waals surface area (Å²) in [5.41, 5.74) is 3.54. The number of rotatable bonds is 13. The SMILES string of the molecule is COc1cc(C(=O)N2CC3CN(C(=O)Cc4c[nH]c5cc(Cl)ccc45)CC(C(=O)NCC(=O)N(C)CCCC4=CC=CCC4)C3C2)ccc1OC(C)C. The largest absolute Gasteiger partial charge is 0.493 e. The van der Waals surface area contributed by atoms with Crippen molar-refractivity contribution in [1.29, 1.82) is 0 Å². The van der Waals surface area contributed by atoms with Gasteiger partial charge in [-0.15, -0.1) is 0 Å². The number of nitrogens with one attached hydrogen (secondary N) is 2. The molecule has 6 rings (SSSR count). The Bertz CT molecular complexity index is 1900. The average molecular weight is 744 g/mol. The van der Waals surface area contributed by atoms with Crippen LogP contribution in [0, 0.1) is 17.8 Å². The molecule has 2 aromatic carbocycles. The maximum Gasteiger partial charge on any atom is 0.254 e. The van der Waals surface area contributed by atoms with Gasteiger partial charge in [-0.3, -0.25) is 19.2 Å². The Kier molecular flexibility index (Phi) is 12.1. The fourth-order valence-electron chi connectivity index (χ4n) is 7.79. The molecule has 0 bridgehead atoms. The minimum absolute atomic E-state index is 0.0620. The Morgan fingerprint density at radius 1 is 1.04 bits per heavy atom. The fourth-order valence-corrected chi connectivity index (χ4v) is 7.97. The number of allylic oxidation sites excluding steroid dienone is 4. The van der Waals surface area contributed by atoms with Crippen molar-refractivity contribution >= 4 is 46.1 Å². The topological polar surface area (TPSA) is 124 Å². The Morgan fingerprint density at radius 3 is 2.60 bits per heavy atom. The average Bonchev–Trinajstić information content (AvgIpc) is 3.77. The lowest BCUT2D eigenvalue weighted by Gasteiger charge is -2.39. The number of methoxy groups -OCH3 is 1. The van der Waals surface area contributed by atoms with E-state index in [-0.39, 0.29) is 61.1 Å². The van der Waals surface area contributed by atoms with Crippen LogP contribution in [0.4, 0.5) is 0 Å². The lowest BCUT2D eigenvalue weighted by Crippen LogP contribution is -2.54. The van der Waals surface area contributed by atoms with E-state index in [4.69, 9.17) is 21.1 Å². The molecule has 4 amide bonds. The number of ether oxygens (including phenoxy) is 2. The highest BCUT2D eigenvalue weighted by molar-refractivity contribution is 6.31. The van der Waals surface area contributed by atoms with Gasteiger partial charge < -0.3 is 34.5 Å². The number of aromatic nitrogens is 1. The summed E-state index contributed by atoms with van der Waals surface area (Å²) in [6.07, 6.45) is 12.2. The van der Waals surface area contributed by atoms with E-state index in [1.807, 2.05) is 32.2 Å². The van der Waals surface area contributed by atoms with Crippen LogP contribution in [0.2, 0.25) is 5.02 Å². The smallest absolute Gasteiger partial charge is 0.254 e. The molecular weight excluding hydrogens is 694 g/mol. The number of hydrogen-bond donors (Lipinski definition) is 2. The number of likely N-dealkylation sites (N-methyl/N-ethyl adjacent to an activating group) is 1. The first-order chi connectivity index (χ1) is 25.5. The second-order valence-corrected chi connectivity index (χ2v) is 15.1. The van der Waals surface area contributed by atoms with Crippen molar-refractivity contribution in [3.8, 4) is 11.5 Å². The van der Waals surface area contributed by atoms with Gasteiger partial charge in [0.1, 0.15) is 0 Å². The predicted molar refractivity (Wildman–Crippen MR) is 205 cm³/mol. The highest BCUT2D eigenvalue weighted by Gasteiger charge is 2.48. The molecule has 3 heterocycles. The summed E-state index contributed by atoms with van der Waals surface area (Å²) < 4.78 is 11.4. The number of amides is 4. The van der Waals surface area contributed by atoms with Crippen LogP contribution in [-0.2, 0) is 20.8 Å². The summed E-state index contributed by atoms with van der Waals surface area (Å²) in [6.45, 7) is 5.68. The quantitative estimate of drug-likeness (QED) is 0.234. The number of hydrogen-bond acceptors (Lipinski definition) is 6. The van der Waals surface area contributed by atoms with Crippen molar-refractivity contribution in [3.05, 3.63) is 82.5 Å². The number of fused-ring (bicyclic) bond motifs is 2. The van der Waals surface area contributed by atoms with Crippen LogP contribution in [0.1, 0.15) is 55.5 Å². The maximum absolute atomic E-state index is 14.0. The summed E-state index contributed by atoms with van der Waals surface area (Å²) in [7, 11) is 3.30. The van der Waals surface area contributed by atoms with E-state index in [1.54, 1.807) is 46.0 Å². The second kappa shape index (κ2) is 16.9. The van der Waals surface area contributed by atoms with Crippen LogP contribution in [-0.4, -0.2) is 103 Å². The van der Waals surface area contributed by atoms with Crippen LogP contribution in [0.5, 0.6) is 11.5 Å². The monoisotopic (exact) mass is 743 g/mol. The molecule has 3 atom stereocenters. The number of H-pyrrole nitrogens is 1. The molecule has 0 radical (unpaired) electrons. The van der Waals surface area contributed by atoms with Crippen LogP contribution in [0.3, 0.4) is 0 Å². The summed E-state index contributed by atoms with van der Waals surface area (Å²) in [4.78, 5) is 63.2. The molecule has 0 spiro atoms. The van der Waals surface area contributed by atoms with Gasteiger partial charge in [0, 0.05) is 67.5 Å². The highest BCUT2D eigenvalue weighted by Crippen LogP contribution is 2.37. The van der Waals surface area contributed by atoms with Crippen molar-refractivity contribution in [2.75, 3.05) is 53.4 Å². The number of carbonyl (C=O) groups excluding carboxylic acids is 4. The number of piperidine rings is 1. The molecule has 11 nitrogen and oxygen atoms in total. The van der Waals surface area contributed by atoms with E-state index < -0.39 is 5.92 Å². The fraction of sp³-hybridized carbons (Fsp3) is 0.463. The van der Waals surface area contributed by atoms with Gasteiger partial charge in [-0.25, -0.2) is 0 Å². The summed E-state index contributed by atoms with van der Waals surface area (Å²) in [5.74, 6) is -0.629. The zero-order chi connectivity index (χ0) is 37.6. The van der Waals surface area contributed by atoms with E-state index in [1.165, 1.54) is 12.7 Å². The zero-order valence-electron chi connectivity index (χ0n) is 31.0.